The van der Waals surface area contributed by atoms with Crippen molar-refractivity contribution >= 4 is 11.9 Å². The van der Waals surface area contributed by atoms with Gasteiger partial charge in [0.15, 0.2) is 0 Å². The highest BCUT2D eigenvalue weighted by molar-refractivity contribution is 5.91. The molecule has 5 heteroatoms. The van der Waals surface area contributed by atoms with Gasteiger partial charge in [-0.1, -0.05) is 60.2 Å². The molecule has 142 valence electrons. The average molecular weight is 367 g/mol. The van der Waals surface area contributed by atoms with Crippen LogP contribution in [0.3, 0.4) is 0 Å². The summed E-state index contributed by atoms with van der Waals surface area (Å²) in [6, 6.07) is 16.3. The Balaban J connectivity index is 1.84. The molecule has 0 radical (unpaired) electrons. The molecule has 2 aromatic carbocycles. The summed E-state index contributed by atoms with van der Waals surface area (Å²) in [5.41, 5.74) is 2.16. The van der Waals surface area contributed by atoms with Gasteiger partial charge in [-0.05, 0) is 30.9 Å². The Labute approximate surface area is 159 Å². The lowest BCUT2D eigenvalue weighted by Crippen LogP contribution is -2.53. The lowest BCUT2D eigenvalue weighted by molar-refractivity contribution is -0.143. The average Bonchev–Trinajstić information content (AvgIpc) is 2.69. The summed E-state index contributed by atoms with van der Waals surface area (Å²) in [7, 11) is 0. The fourth-order valence-electron chi connectivity index (χ4n) is 3.59. The quantitative estimate of drug-likeness (QED) is 0.823. The van der Waals surface area contributed by atoms with E-state index in [4.69, 9.17) is 4.74 Å². The van der Waals surface area contributed by atoms with Crippen LogP contribution in [0.25, 0.3) is 0 Å². The summed E-state index contributed by atoms with van der Waals surface area (Å²) < 4.78 is 5.47. The van der Waals surface area contributed by atoms with Crippen LogP contribution in [0.4, 0.5) is 0 Å². The van der Waals surface area contributed by atoms with Crippen LogP contribution in [0, 0.1) is 6.92 Å². The Morgan fingerprint density at radius 2 is 1.70 bits per heavy atom. The highest BCUT2D eigenvalue weighted by atomic mass is 16.5. The second-order valence-electron chi connectivity index (χ2n) is 7.11. The van der Waals surface area contributed by atoms with Gasteiger partial charge in [-0.15, -0.1) is 0 Å². The van der Waals surface area contributed by atoms with Crippen molar-refractivity contribution in [2.75, 3.05) is 13.2 Å². The number of aryl methyl sites for hydroxylation is 1. The molecule has 27 heavy (non-hydrogen) atoms. The molecule has 1 amide bonds. The first-order valence-corrected chi connectivity index (χ1v) is 9.24. The van der Waals surface area contributed by atoms with Crippen molar-refractivity contribution in [3.63, 3.8) is 0 Å². The number of benzene rings is 2. The molecule has 5 nitrogen and oxygen atoms in total. The highest BCUT2D eigenvalue weighted by Crippen LogP contribution is 2.35. The molecule has 0 bridgehead atoms. The summed E-state index contributed by atoms with van der Waals surface area (Å²) in [6.45, 7) is 2.97. The van der Waals surface area contributed by atoms with Crippen molar-refractivity contribution in [3.8, 4) is 0 Å². The van der Waals surface area contributed by atoms with E-state index in [1.807, 2.05) is 61.5 Å². The molecule has 2 N–H and O–H groups in total. The van der Waals surface area contributed by atoms with E-state index >= 15 is 0 Å². The molecule has 1 aliphatic heterocycles. The fraction of sp³-hybridized carbons (Fsp3) is 0.364. The molecule has 0 saturated carbocycles. The van der Waals surface area contributed by atoms with E-state index < -0.39 is 17.4 Å². The maximum Gasteiger partial charge on any atom is 0.326 e. The highest BCUT2D eigenvalue weighted by Gasteiger charge is 2.43. The summed E-state index contributed by atoms with van der Waals surface area (Å²) in [4.78, 5) is 25.0. The molecule has 1 fully saturated rings. The van der Waals surface area contributed by atoms with Crippen molar-refractivity contribution < 1.29 is 19.4 Å². The molecule has 1 aliphatic rings. The SMILES string of the molecule is Cc1ccc(C2(C(=O)NC(Cc3ccccc3)C(=O)O)CCOCC2)cc1. The topological polar surface area (TPSA) is 75.6 Å². The zero-order valence-corrected chi connectivity index (χ0v) is 15.5. The van der Waals surface area contributed by atoms with Crippen molar-refractivity contribution in [1.82, 2.24) is 5.32 Å². The standard InChI is InChI=1S/C22H25NO4/c1-16-7-9-18(10-8-16)22(11-13-27-14-12-22)21(26)23-19(20(24)25)15-17-5-3-2-4-6-17/h2-10,19H,11-15H2,1H3,(H,23,26)(H,24,25). The summed E-state index contributed by atoms with van der Waals surface area (Å²) in [5, 5.41) is 12.4. The summed E-state index contributed by atoms with van der Waals surface area (Å²) in [6.07, 6.45) is 1.33. The van der Waals surface area contributed by atoms with Crippen LogP contribution >= 0.6 is 0 Å². The van der Waals surface area contributed by atoms with E-state index in [0.717, 1.165) is 16.7 Å². The van der Waals surface area contributed by atoms with E-state index in [-0.39, 0.29) is 12.3 Å². The van der Waals surface area contributed by atoms with Gasteiger partial charge >= 0.3 is 5.97 Å². The first-order chi connectivity index (χ1) is 13.0. The van der Waals surface area contributed by atoms with Gasteiger partial charge in [0.2, 0.25) is 5.91 Å². The molecule has 0 spiro atoms. The smallest absolute Gasteiger partial charge is 0.326 e. The van der Waals surface area contributed by atoms with Gasteiger partial charge in [-0.2, -0.15) is 0 Å². The maximum absolute atomic E-state index is 13.3. The first kappa shape index (κ1) is 19.1. The van der Waals surface area contributed by atoms with E-state index in [1.54, 1.807) is 0 Å². The lowest BCUT2D eigenvalue weighted by Gasteiger charge is -2.37. The van der Waals surface area contributed by atoms with Crippen LogP contribution in [0.1, 0.15) is 29.5 Å². The Bertz CT molecular complexity index is 780. The van der Waals surface area contributed by atoms with Gasteiger partial charge in [-0.25, -0.2) is 4.79 Å². The predicted molar refractivity (Wildman–Crippen MR) is 103 cm³/mol. The second-order valence-corrected chi connectivity index (χ2v) is 7.11. The van der Waals surface area contributed by atoms with Crippen molar-refractivity contribution in [1.29, 1.82) is 0 Å². The third-order valence-electron chi connectivity index (χ3n) is 5.27. The number of rotatable bonds is 6. The number of aliphatic carboxylic acids is 1. The van der Waals surface area contributed by atoms with Gasteiger partial charge in [-0.3, -0.25) is 4.79 Å². The first-order valence-electron chi connectivity index (χ1n) is 9.24. The molecule has 2 aromatic rings. The Hall–Kier alpha value is -2.66. The van der Waals surface area contributed by atoms with Crippen molar-refractivity contribution in [3.05, 3.63) is 71.3 Å². The zero-order valence-electron chi connectivity index (χ0n) is 15.5. The largest absolute Gasteiger partial charge is 0.480 e. The minimum absolute atomic E-state index is 0.238. The molecular weight excluding hydrogens is 342 g/mol. The van der Waals surface area contributed by atoms with Crippen LogP contribution in [0.2, 0.25) is 0 Å². The minimum atomic E-state index is -1.03. The van der Waals surface area contributed by atoms with E-state index in [2.05, 4.69) is 5.32 Å². The van der Waals surface area contributed by atoms with Crippen LogP contribution in [-0.2, 0) is 26.2 Å². The zero-order chi connectivity index (χ0) is 19.3. The Kier molecular flexibility index (Phi) is 5.91. The number of amides is 1. The van der Waals surface area contributed by atoms with Crippen LogP contribution < -0.4 is 5.32 Å². The van der Waals surface area contributed by atoms with Gasteiger partial charge in [0.25, 0.3) is 0 Å². The molecule has 1 unspecified atom stereocenters. The molecule has 1 atom stereocenters. The third-order valence-corrected chi connectivity index (χ3v) is 5.27. The number of carboxylic acids is 1. The van der Waals surface area contributed by atoms with Gasteiger partial charge in [0, 0.05) is 19.6 Å². The van der Waals surface area contributed by atoms with Crippen LogP contribution in [-0.4, -0.2) is 36.2 Å². The monoisotopic (exact) mass is 367 g/mol. The number of carbonyl (C=O) groups excluding carboxylic acids is 1. The lowest BCUT2D eigenvalue weighted by atomic mass is 9.73. The minimum Gasteiger partial charge on any atom is -0.480 e. The maximum atomic E-state index is 13.3. The molecule has 3 rings (SSSR count). The number of carbonyl (C=O) groups is 2. The number of ether oxygens (including phenoxy) is 1. The van der Waals surface area contributed by atoms with E-state index in [1.165, 1.54) is 0 Å². The number of hydrogen-bond donors (Lipinski definition) is 2. The molecule has 1 heterocycles. The number of carboxylic acid groups (broad SMARTS) is 1. The van der Waals surface area contributed by atoms with Crippen LogP contribution in [0.5, 0.6) is 0 Å². The molecular formula is C22H25NO4. The number of nitrogens with one attached hydrogen (secondary N) is 1. The number of hydrogen-bond acceptors (Lipinski definition) is 3. The van der Waals surface area contributed by atoms with Gasteiger partial charge < -0.3 is 15.2 Å². The molecule has 0 aliphatic carbocycles. The third kappa shape index (κ3) is 4.37. The van der Waals surface area contributed by atoms with Gasteiger partial charge in [0.1, 0.15) is 6.04 Å². The predicted octanol–water partition coefficient (Wildman–Crippen LogP) is 2.86. The second kappa shape index (κ2) is 8.35. The molecule has 0 aromatic heterocycles. The fourth-order valence-corrected chi connectivity index (χ4v) is 3.59. The van der Waals surface area contributed by atoms with Gasteiger partial charge in [0.05, 0.1) is 5.41 Å². The van der Waals surface area contributed by atoms with Crippen molar-refractivity contribution in [2.45, 2.75) is 37.6 Å². The molecule has 1 saturated heterocycles. The Morgan fingerprint density at radius 1 is 1.07 bits per heavy atom. The van der Waals surface area contributed by atoms with E-state index in [0.29, 0.717) is 26.1 Å². The van der Waals surface area contributed by atoms with Crippen molar-refractivity contribution in [2.24, 2.45) is 0 Å². The summed E-state index contributed by atoms with van der Waals surface area (Å²) in [5.74, 6) is -1.27. The summed E-state index contributed by atoms with van der Waals surface area (Å²) >= 11 is 0. The van der Waals surface area contributed by atoms with Crippen LogP contribution in [0.15, 0.2) is 54.6 Å². The Morgan fingerprint density at radius 3 is 2.30 bits per heavy atom. The normalized spacial score (nSPS) is 17.1. The van der Waals surface area contributed by atoms with E-state index in [9.17, 15) is 14.7 Å².